The van der Waals surface area contributed by atoms with Crippen molar-refractivity contribution in [3.63, 3.8) is 0 Å². The Morgan fingerprint density at radius 2 is 1.78 bits per heavy atom. The maximum Gasteiger partial charge on any atom is 0.323 e. The quantitative estimate of drug-likeness (QED) is 0.697. The number of carboxylic acids is 1. The molecule has 0 spiro atoms. The van der Waals surface area contributed by atoms with Gasteiger partial charge < -0.3 is 14.6 Å². The molecule has 0 aliphatic heterocycles. The van der Waals surface area contributed by atoms with Gasteiger partial charge in [-0.1, -0.05) is 26.7 Å². The van der Waals surface area contributed by atoms with Gasteiger partial charge >= 0.3 is 11.9 Å². The SMILES string of the molecule is CC(C)C(OC(=O)C1CCCC1)C(F)(F)C(=O)[O-]. The van der Waals surface area contributed by atoms with Crippen molar-refractivity contribution in [3.05, 3.63) is 0 Å². The number of carboxylic acid groups (broad SMARTS) is 1. The molecule has 4 nitrogen and oxygen atoms in total. The molecule has 6 heteroatoms. The molecular weight excluding hydrogens is 246 g/mol. The smallest absolute Gasteiger partial charge is 0.323 e. The molecule has 0 aromatic heterocycles. The first-order valence-corrected chi connectivity index (χ1v) is 6.06. The second-order valence-corrected chi connectivity index (χ2v) is 4.99. The van der Waals surface area contributed by atoms with Gasteiger partial charge in [0.25, 0.3) is 0 Å². The van der Waals surface area contributed by atoms with Crippen LogP contribution in [0.15, 0.2) is 0 Å². The van der Waals surface area contributed by atoms with E-state index in [0.29, 0.717) is 12.8 Å². The number of hydrogen-bond donors (Lipinski definition) is 0. The van der Waals surface area contributed by atoms with Crippen molar-refractivity contribution >= 4 is 11.9 Å². The number of hydrogen-bond acceptors (Lipinski definition) is 4. The highest BCUT2D eigenvalue weighted by atomic mass is 19.3. The highest BCUT2D eigenvalue weighted by Gasteiger charge is 2.46. The molecule has 1 unspecified atom stereocenters. The second-order valence-electron chi connectivity index (χ2n) is 4.99. The third kappa shape index (κ3) is 3.17. The van der Waals surface area contributed by atoms with Crippen LogP contribution in [0, 0.1) is 11.8 Å². The van der Waals surface area contributed by atoms with E-state index in [2.05, 4.69) is 0 Å². The van der Waals surface area contributed by atoms with Crippen molar-refractivity contribution in [2.24, 2.45) is 11.8 Å². The van der Waals surface area contributed by atoms with Crippen molar-refractivity contribution in [2.75, 3.05) is 0 Å². The largest absolute Gasteiger partial charge is 0.544 e. The summed E-state index contributed by atoms with van der Waals surface area (Å²) in [5.41, 5.74) is 0. The molecule has 0 aromatic carbocycles. The summed E-state index contributed by atoms with van der Waals surface area (Å²) in [6.45, 7) is 2.76. The summed E-state index contributed by atoms with van der Waals surface area (Å²) in [6, 6.07) is 0. The molecule has 1 saturated carbocycles. The van der Waals surface area contributed by atoms with Crippen LogP contribution in [0.4, 0.5) is 8.78 Å². The number of alkyl halides is 2. The molecule has 0 N–H and O–H groups in total. The van der Waals surface area contributed by atoms with Crippen molar-refractivity contribution in [2.45, 2.75) is 51.6 Å². The van der Waals surface area contributed by atoms with Gasteiger partial charge in [-0.05, 0) is 18.8 Å². The lowest BCUT2D eigenvalue weighted by molar-refractivity contribution is -0.337. The molecule has 0 bridgehead atoms. The zero-order chi connectivity index (χ0) is 13.9. The van der Waals surface area contributed by atoms with Gasteiger partial charge in [-0.15, -0.1) is 0 Å². The molecule has 0 saturated heterocycles. The zero-order valence-electron chi connectivity index (χ0n) is 10.4. The predicted octanol–water partition coefficient (Wildman–Crippen LogP) is 1.13. The van der Waals surface area contributed by atoms with E-state index < -0.39 is 29.9 Å². The summed E-state index contributed by atoms with van der Waals surface area (Å²) >= 11 is 0. The molecule has 0 aromatic rings. The predicted molar refractivity (Wildman–Crippen MR) is 56.6 cm³/mol. The van der Waals surface area contributed by atoms with Crippen molar-refractivity contribution in [1.82, 2.24) is 0 Å². The van der Waals surface area contributed by atoms with Crippen LogP contribution in [0.1, 0.15) is 39.5 Å². The van der Waals surface area contributed by atoms with Crippen molar-refractivity contribution < 1.29 is 28.2 Å². The molecule has 1 fully saturated rings. The van der Waals surface area contributed by atoms with Crippen LogP contribution in [-0.2, 0) is 14.3 Å². The van der Waals surface area contributed by atoms with Crippen molar-refractivity contribution in [1.29, 1.82) is 0 Å². The first-order chi connectivity index (χ1) is 8.26. The van der Waals surface area contributed by atoms with E-state index in [-0.39, 0.29) is 5.92 Å². The van der Waals surface area contributed by atoms with Gasteiger partial charge in [-0.25, -0.2) is 0 Å². The number of rotatable bonds is 5. The Bertz CT molecular complexity index is 322. The minimum absolute atomic E-state index is 0.385. The van der Waals surface area contributed by atoms with Crippen LogP contribution in [0.25, 0.3) is 0 Å². The Balaban J connectivity index is 2.74. The summed E-state index contributed by atoms with van der Waals surface area (Å²) in [4.78, 5) is 22.1. The van der Waals surface area contributed by atoms with Gasteiger partial charge in [0.15, 0.2) is 6.10 Å². The van der Waals surface area contributed by atoms with Crippen LogP contribution >= 0.6 is 0 Å². The topological polar surface area (TPSA) is 66.4 Å². The molecule has 1 aliphatic carbocycles. The Hall–Kier alpha value is -1.20. The Morgan fingerprint density at radius 3 is 2.17 bits per heavy atom. The Morgan fingerprint density at radius 1 is 1.28 bits per heavy atom. The lowest BCUT2D eigenvalue weighted by Crippen LogP contribution is -2.53. The summed E-state index contributed by atoms with van der Waals surface area (Å²) in [5.74, 6) is -8.60. The van der Waals surface area contributed by atoms with Gasteiger partial charge in [-0.2, -0.15) is 8.78 Å². The Labute approximate surface area is 104 Å². The normalized spacial score (nSPS) is 18.9. The summed E-state index contributed by atoms with van der Waals surface area (Å²) < 4.78 is 31.5. The number of ether oxygens (including phenoxy) is 1. The average molecular weight is 263 g/mol. The number of aliphatic carboxylic acids is 1. The average Bonchev–Trinajstić information content (AvgIpc) is 2.77. The van der Waals surface area contributed by atoms with Gasteiger partial charge in [0.1, 0.15) is 5.97 Å². The van der Waals surface area contributed by atoms with Crippen LogP contribution < -0.4 is 5.11 Å². The second kappa shape index (κ2) is 5.63. The highest BCUT2D eigenvalue weighted by Crippen LogP contribution is 2.31. The van der Waals surface area contributed by atoms with Gasteiger partial charge in [-0.3, -0.25) is 4.79 Å². The molecule has 0 amide bonds. The molecule has 0 heterocycles. The van der Waals surface area contributed by atoms with Gasteiger partial charge in [0, 0.05) is 0 Å². The van der Waals surface area contributed by atoms with Crippen LogP contribution in [0.3, 0.4) is 0 Å². The molecule has 1 aliphatic rings. The van der Waals surface area contributed by atoms with Gasteiger partial charge in [0.05, 0.1) is 5.92 Å². The van der Waals surface area contributed by atoms with Crippen LogP contribution in [0.2, 0.25) is 0 Å². The number of esters is 1. The Kier molecular flexibility index (Phi) is 4.65. The van der Waals surface area contributed by atoms with E-state index in [0.717, 1.165) is 12.8 Å². The minimum atomic E-state index is -4.16. The van der Waals surface area contributed by atoms with E-state index >= 15 is 0 Å². The fourth-order valence-electron chi connectivity index (χ4n) is 2.13. The fourth-order valence-corrected chi connectivity index (χ4v) is 2.13. The number of carbonyl (C=O) groups is 2. The van der Waals surface area contributed by atoms with Gasteiger partial charge in [0.2, 0.25) is 0 Å². The van der Waals surface area contributed by atoms with E-state index in [9.17, 15) is 23.5 Å². The van der Waals surface area contributed by atoms with E-state index in [1.807, 2.05) is 0 Å². The maximum atomic E-state index is 13.4. The molecular formula is C12H17F2O4-. The van der Waals surface area contributed by atoms with Crippen molar-refractivity contribution in [3.8, 4) is 0 Å². The third-order valence-electron chi connectivity index (χ3n) is 3.17. The van der Waals surface area contributed by atoms with E-state index in [4.69, 9.17) is 4.74 Å². The van der Waals surface area contributed by atoms with Crippen LogP contribution in [-0.4, -0.2) is 24.0 Å². The molecule has 1 rings (SSSR count). The molecule has 0 radical (unpaired) electrons. The van der Waals surface area contributed by atoms with E-state index in [1.54, 1.807) is 0 Å². The molecule has 104 valence electrons. The zero-order valence-corrected chi connectivity index (χ0v) is 10.4. The monoisotopic (exact) mass is 263 g/mol. The molecule has 1 atom stereocenters. The lowest BCUT2D eigenvalue weighted by Gasteiger charge is -2.30. The van der Waals surface area contributed by atoms with E-state index in [1.165, 1.54) is 13.8 Å². The summed E-state index contributed by atoms with van der Waals surface area (Å²) in [5, 5.41) is 10.4. The summed E-state index contributed by atoms with van der Waals surface area (Å²) in [7, 11) is 0. The fraction of sp³-hybridized carbons (Fsp3) is 0.833. The lowest BCUT2D eigenvalue weighted by atomic mass is 10.00. The minimum Gasteiger partial charge on any atom is -0.544 e. The maximum absolute atomic E-state index is 13.4. The highest BCUT2D eigenvalue weighted by molar-refractivity contribution is 5.76. The van der Waals surface area contributed by atoms with Crippen LogP contribution in [0.5, 0.6) is 0 Å². The third-order valence-corrected chi connectivity index (χ3v) is 3.17. The number of carbonyl (C=O) groups excluding carboxylic acids is 2. The standard InChI is InChI=1S/C12H18F2O4/c1-7(2)9(12(13,14)11(16)17)18-10(15)8-5-3-4-6-8/h7-9H,3-6H2,1-2H3,(H,16,17)/p-1. The summed E-state index contributed by atoms with van der Waals surface area (Å²) in [6.07, 6.45) is 0.975. The number of halogens is 2. The first kappa shape index (κ1) is 14.9. The first-order valence-electron chi connectivity index (χ1n) is 6.06. The molecule has 18 heavy (non-hydrogen) atoms.